The minimum absolute atomic E-state index is 0.0203. The molecule has 0 bridgehead atoms. The number of hydrogen-bond acceptors (Lipinski definition) is 3. The molecule has 1 N–H and O–H groups in total. The molecule has 1 saturated heterocycles. The standard InChI is InChI=1S/C17H25N3O2/c1-10(13-5-6-13)7-16(21)20-9-14(22-4)8-15(20)17-18-11(2)12(3)19-17/h7,13-15H,5-6,8-9H2,1-4H3,(H,18,19)/b10-7+/t14-,15+/m1/s1. The largest absolute Gasteiger partial charge is 0.380 e. The molecule has 1 aromatic rings. The van der Waals surface area contributed by atoms with Crippen molar-refractivity contribution >= 4 is 5.91 Å². The van der Waals surface area contributed by atoms with Gasteiger partial charge in [0, 0.05) is 31.8 Å². The molecule has 0 unspecified atom stereocenters. The number of rotatable bonds is 4. The van der Waals surface area contributed by atoms with E-state index in [0.29, 0.717) is 12.5 Å². The second-order valence-electron chi connectivity index (χ2n) is 6.59. The van der Waals surface area contributed by atoms with Gasteiger partial charge in [-0.25, -0.2) is 4.98 Å². The number of allylic oxidation sites excluding steroid dienone is 1. The predicted molar refractivity (Wildman–Crippen MR) is 84.4 cm³/mol. The topological polar surface area (TPSA) is 58.2 Å². The molecule has 5 nitrogen and oxygen atoms in total. The van der Waals surface area contributed by atoms with Crippen LogP contribution in [-0.2, 0) is 9.53 Å². The first-order chi connectivity index (χ1) is 10.5. The van der Waals surface area contributed by atoms with Gasteiger partial charge in [-0.3, -0.25) is 4.79 Å². The molecule has 0 spiro atoms. The van der Waals surface area contributed by atoms with Crippen molar-refractivity contribution in [2.45, 2.75) is 52.2 Å². The van der Waals surface area contributed by atoms with Gasteiger partial charge < -0.3 is 14.6 Å². The Labute approximate surface area is 131 Å². The fourth-order valence-electron chi connectivity index (χ4n) is 3.14. The van der Waals surface area contributed by atoms with Crippen LogP contribution in [0.1, 0.15) is 49.4 Å². The molecule has 0 radical (unpaired) electrons. The van der Waals surface area contributed by atoms with Gasteiger partial charge in [-0.2, -0.15) is 0 Å². The Kier molecular flexibility index (Phi) is 4.08. The third-order valence-electron chi connectivity index (χ3n) is 4.91. The summed E-state index contributed by atoms with van der Waals surface area (Å²) in [4.78, 5) is 22.5. The van der Waals surface area contributed by atoms with Gasteiger partial charge >= 0.3 is 0 Å². The van der Waals surface area contributed by atoms with Crippen molar-refractivity contribution in [2.24, 2.45) is 5.92 Å². The van der Waals surface area contributed by atoms with Crippen molar-refractivity contribution in [1.29, 1.82) is 0 Å². The number of methoxy groups -OCH3 is 1. The number of hydrogen-bond donors (Lipinski definition) is 1. The van der Waals surface area contributed by atoms with E-state index in [4.69, 9.17) is 4.74 Å². The Balaban J connectivity index is 1.82. The summed E-state index contributed by atoms with van der Waals surface area (Å²) >= 11 is 0. The number of likely N-dealkylation sites (tertiary alicyclic amines) is 1. The highest BCUT2D eigenvalue weighted by Crippen LogP contribution is 2.37. The summed E-state index contributed by atoms with van der Waals surface area (Å²) in [6.07, 6.45) is 5.12. The summed E-state index contributed by atoms with van der Waals surface area (Å²) in [7, 11) is 1.71. The highest BCUT2D eigenvalue weighted by Gasteiger charge is 2.38. The van der Waals surface area contributed by atoms with Crippen LogP contribution >= 0.6 is 0 Å². The summed E-state index contributed by atoms with van der Waals surface area (Å²) in [6.45, 7) is 6.70. The van der Waals surface area contributed by atoms with Crippen molar-refractivity contribution in [2.75, 3.05) is 13.7 Å². The molecule has 1 aliphatic carbocycles. The first-order valence-corrected chi connectivity index (χ1v) is 8.04. The monoisotopic (exact) mass is 303 g/mol. The summed E-state index contributed by atoms with van der Waals surface area (Å²) in [5.41, 5.74) is 3.26. The summed E-state index contributed by atoms with van der Waals surface area (Å²) in [5, 5.41) is 0. The molecule has 0 aromatic carbocycles. The van der Waals surface area contributed by atoms with Gasteiger partial charge in [-0.15, -0.1) is 0 Å². The van der Waals surface area contributed by atoms with Gasteiger partial charge in [0.2, 0.25) is 5.91 Å². The molecule has 2 heterocycles. The molecule has 5 heteroatoms. The van der Waals surface area contributed by atoms with E-state index in [-0.39, 0.29) is 18.1 Å². The average Bonchev–Trinajstić information content (AvgIpc) is 3.16. The minimum atomic E-state index is -0.0203. The number of carbonyl (C=O) groups excluding carboxylic acids is 1. The number of H-pyrrole nitrogens is 1. The lowest BCUT2D eigenvalue weighted by molar-refractivity contribution is -0.127. The fraction of sp³-hybridized carbons (Fsp3) is 0.647. The fourth-order valence-corrected chi connectivity index (χ4v) is 3.14. The molecule has 1 saturated carbocycles. The lowest BCUT2D eigenvalue weighted by Crippen LogP contribution is -2.31. The first-order valence-electron chi connectivity index (χ1n) is 8.04. The quantitative estimate of drug-likeness (QED) is 0.870. The Morgan fingerprint density at radius 3 is 2.68 bits per heavy atom. The van der Waals surface area contributed by atoms with Crippen molar-refractivity contribution in [3.05, 3.63) is 28.9 Å². The summed E-state index contributed by atoms with van der Waals surface area (Å²) in [5.74, 6) is 1.58. The molecule has 2 fully saturated rings. The van der Waals surface area contributed by atoms with E-state index in [0.717, 1.165) is 23.6 Å². The van der Waals surface area contributed by atoms with Crippen LogP contribution in [0.15, 0.2) is 11.6 Å². The summed E-state index contributed by atoms with van der Waals surface area (Å²) < 4.78 is 5.49. The molecule has 1 amide bonds. The maximum absolute atomic E-state index is 12.7. The van der Waals surface area contributed by atoms with Crippen LogP contribution in [0.2, 0.25) is 0 Å². The first kappa shape index (κ1) is 15.3. The summed E-state index contributed by atoms with van der Waals surface area (Å²) in [6, 6.07) is -0.0203. The van der Waals surface area contributed by atoms with Crippen LogP contribution in [0, 0.1) is 19.8 Å². The lowest BCUT2D eigenvalue weighted by atomic mass is 10.1. The smallest absolute Gasteiger partial charge is 0.247 e. The molecule has 120 valence electrons. The predicted octanol–water partition coefficient (Wildman–Crippen LogP) is 2.67. The SMILES string of the molecule is CO[C@@H]1C[C@@H](c2nc(C)c(C)[nH]2)N(C(=O)/C=C(\C)C2CC2)C1. The van der Waals surface area contributed by atoms with E-state index >= 15 is 0 Å². The molecule has 1 aliphatic heterocycles. The number of nitrogens with zero attached hydrogens (tertiary/aromatic N) is 2. The molecule has 2 atom stereocenters. The lowest BCUT2D eigenvalue weighted by Gasteiger charge is -2.21. The molecule has 1 aromatic heterocycles. The highest BCUT2D eigenvalue weighted by atomic mass is 16.5. The zero-order chi connectivity index (χ0) is 15.9. The molecule has 3 rings (SSSR count). The van der Waals surface area contributed by atoms with E-state index in [9.17, 15) is 4.79 Å². The Morgan fingerprint density at radius 1 is 1.41 bits per heavy atom. The van der Waals surface area contributed by atoms with E-state index in [1.54, 1.807) is 7.11 Å². The molecular weight excluding hydrogens is 278 g/mol. The average molecular weight is 303 g/mol. The second-order valence-corrected chi connectivity index (χ2v) is 6.59. The molecule has 22 heavy (non-hydrogen) atoms. The number of carbonyl (C=O) groups is 1. The van der Waals surface area contributed by atoms with Crippen molar-refractivity contribution < 1.29 is 9.53 Å². The van der Waals surface area contributed by atoms with Gasteiger partial charge in [0.05, 0.1) is 17.8 Å². The van der Waals surface area contributed by atoms with Crippen LogP contribution in [0.3, 0.4) is 0 Å². The Morgan fingerprint density at radius 2 is 2.14 bits per heavy atom. The Bertz CT molecular complexity index is 582. The van der Waals surface area contributed by atoms with Crippen molar-refractivity contribution in [1.82, 2.24) is 14.9 Å². The normalized spacial score (nSPS) is 25.8. The molecular formula is C17H25N3O2. The van der Waals surface area contributed by atoms with Crippen LogP contribution < -0.4 is 0 Å². The number of nitrogens with one attached hydrogen (secondary N) is 1. The second kappa shape index (κ2) is 5.88. The number of aryl methyl sites for hydroxylation is 2. The minimum Gasteiger partial charge on any atom is -0.380 e. The van der Waals surface area contributed by atoms with Crippen LogP contribution in [0.25, 0.3) is 0 Å². The van der Waals surface area contributed by atoms with Gasteiger partial charge in [-0.05, 0) is 39.5 Å². The van der Waals surface area contributed by atoms with Crippen molar-refractivity contribution in [3.8, 4) is 0 Å². The van der Waals surface area contributed by atoms with Gasteiger partial charge in [0.1, 0.15) is 5.82 Å². The number of aromatic nitrogens is 2. The van der Waals surface area contributed by atoms with Gasteiger partial charge in [0.15, 0.2) is 0 Å². The van der Waals surface area contributed by atoms with Crippen LogP contribution in [-0.4, -0.2) is 40.5 Å². The number of ether oxygens (including phenoxy) is 1. The zero-order valence-electron chi connectivity index (χ0n) is 13.8. The van der Waals surface area contributed by atoms with E-state index in [1.165, 1.54) is 18.4 Å². The number of aromatic amines is 1. The number of amides is 1. The van der Waals surface area contributed by atoms with Crippen LogP contribution in [0.5, 0.6) is 0 Å². The zero-order valence-corrected chi connectivity index (χ0v) is 13.8. The van der Waals surface area contributed by atoms with E-state index < -0.39 is 0 Å². The van der Waals surface area contributed by atoms with Crippen molar-refractivity contribution in [3.63, 3.8) is 0 Å². The maximum atomic E-state index is 12.7. The third kappa shape index (κ3) is 2.95. The van der Waals surface area contributed by atoms with Gasteiger partial charge in [-0.1, -0.05) is 5.57 Å². The van der Waals surface area contributed by atoms with Crippen LogP contribution in [0.4, 0.5) is 0 Å². The Hall–Kier alpha value is -1.62. The highest BCUT2D eigenvalue weighted by molar-refractivity contribution is 5.89. The number of imidazole rings is 1. The third-order valence-corrected chi connectivity index (χ3v) is 4.91. The molecule has 2 aliphatic rings. The maximum Gasteiger partial charge on any atom is 0.247 e. The van der Waals surface area contributed by atoms with Gasteiger partial charge in [0.25, 0.3) is 0 Å². The van der Waals surface area contributed by atoms with E-state index in [2.05, 4.69) is 16.9 Å². The van der Waals surface area contributed by atoms with E-state index in [1.807, 2.05) is 24.8 Å².